The number of carbonyl (C=O) groups is 1. The van der Waals surface area contributed by atoms with Gasteiger partial charge in [0.15, 0.2) is 5.69 Å². The molecule has 16 heavy (non-hydrogen) atoms. The lowest BCUT2D eigenvalue weighted by Crippen LogP contribution is -2.44. The van der Waals surface area contributed by atoms with Gasteiger partial charge in [-0.25, -0.2) is 0 Å². The van der Waals surface area contributed by atoms with Gasteiger partial charge in [-0.1, -0.05) is 5.16 Å². The number of amides is 1. The van der Waals surface area contributed by atoms with Crippen LogP contribution in [-0.4, -0.2) is 41.6 Å². The molecule has 0 aromatic carbocycles. The lowest BCUT2D eigenvalue weighted by Gasteiger charge is -2.30. The van der Waals surface area contributed by atoms with Crippen molar-refractivity contribution >= 4 is 5.91 Å². The average Bonchev–Trinajstić information content (AvgIpc) is 2.84. The van der Waals surface area contributed by atoms with Gasteiger partial charge in [0.25, 0.3) is 5.91 Å². The fraction of sp³-hybridized carbons (Fsp3) is 0.636. The first-order valence-electron chi connectivity index (χ1n) is 5.68. The Kier molecular flexibility index (Phi) is 2.21. The van der Waals surface area contributed by atoms with E-state index in [4.69, 9.17) is 4.52 Å². The van der Waals surface area contributed by atoms with E-state index in [-0.39, 0.29) is 5.91 Å². The number of aromatic nitrogens is 1. The van der Waals surface area contributed by atoms with Crippen LogP contribution in [-0.2, 0) is 0 Å². The van der Waals surface area contributed by atoms with Crippen molar-refractivity contribution in [1.29, 1.82) is 0 Å². The van der Waals surface area contributed by atoms with Crippen molar-refractivity contribution in [2.24, 2.45) is 5.92 Å². The van der Waals surface area contributed by atoms with Crippen LogP contribution >= 0.6 is 0 Å². The van der Waals surface area contributed by atoms with Gasteiger partial charge in [0.2, 0.25) is 0 Å². The first-order chi connectivity index (χ1) is 7.72. The molecular formula is C11H15N3O2. The molecule has 2 fully saturated rings. The molecule has 2 atom stereocenters. The maximum atomic E-state index is 12.1. The summed E-state index contributed by atoms with van der Waals surface area (Å²) in [5, 5.41) is 7.20. The minimum atomic E-state index is -0.00440. The number of nitrogens with one attached hydrogen (secondary N) is 1. The molecule has 2 aliphatic heterocycles. The topological polar surface area (TPSA) is 58.4 Å². The third-order valence-electron chi connectivity index (χ3n) is 3.37. The SMILES string of the molecule is Cc1cc(C(=O)N2C[C@@H]3CN[C@@H](C3)C2)no1. The van der Waals surface area contributed by atoms with Crippen LogP contribution in [0.1, 0.15) is 22.7 Å². The highest BCUT2D eigenvalue weighted by Crippen LogP contribution is 2.23. The lowest BCUT2D eigenvalue weighted by atomic mass is 10.00. The average molecular weight is 221 g/mol. The van der Waals surface area contributed by atoms with Crippen LogP contribution in [0, 0.1) is 12.8 Å². The molecule has 1 N–H and O–H groups in total. The Morgan fingerprint density at radius 3 is 3.19 bits per heavy atom. The molecule has 5 heteroatoms. The van der Waals surface area contributed by atoms with E-state index >= 15 is 0 Å². The minimum absolute atomic E-state index is 0.00440. The van der Waals surface area contributed by atoms with Crippen LogP contribution in [0.2, 0.25) is 0 Å². The van der Waals surface area contributed by atoms with Crippen molar-refractivity contribution in [3.8, 4) is 0 Å². The molecule has 0 saturated carbocycles. The second kappa shape index (κ2) is 3.59. The number of fused-ring (bicyclic) bond motifs is 2. The largest absolute Gasteiger partial charge is 0.361 e. The van der Waals surface area contributed by atoms with Crippen LogP contribution in [0.25, 0.3) is 0 Å². The third kappa shape index (κ3) is 1.61. The molecule has 0 unspecified atom stereocenters. The Bertz CT molecular complexity index is 403. The Morgan fingerprint density at radius 2 is 2.50 bits per heavy atom. The summed E-state index contributed by atoms with van der Waals surface area (Å²) in [6, 6.07) is 2.17. The van der Waals surface area contributed by atoms with Gasteiger partial charge in [-0.2, -0.15) is 0 Å². The molecule has 0 radical (unpaired) electrons. The first-order valence-corrected chi connectivity index (χ1v) is 5.68. The molecule has 1 aromatic rings. The van der Waals surface area contributed by atoms with E-state index in [1.165, 1.54) is 6.42 Å². The summed E-state index contributed by atoms with van der Waals surface area (Å²) in [6.07, 6.45) is 1.20. The normalized spacial score (nSPS) is 28.4. The summed E-state index contributed by atoms with van der Waals surface area (Å²) in [4.78, 5) is 14.0. The van der Waals surface area contributed by atoms with Crippen LogP contribution in [0.15, 0.2) is 10.6 Å². The number of piperidine rings is 1. The molecule has 0 spiro atoms. The second-order valence-electron chi connectivity index (χ2n) is 4.74. The minimum Gasteiger partial charge on any atom is -0.361 e. The molecule has 5 nitrogen and oxygen atoms in total. The van der Waals surface area contributed by atoms with E-state index in [0.717, 1.165) is 19.6 Å². The first kappa shape index (κ1) is 9.84. The summed E-state index contributed by atoms with van der Waals surface area (Å²) >= 11 is 0. The van der Waals surface area contributed by atoms with Crippen molar-refractivity contribution in [2.75, 3.05) is 19.6 Å². The summed E-state index contributed by atoms with van der Waals surface area (Å²) < 4.78 is 4.93. The monoisotopic (exact) mass is 221 g/mol. The van der Waals surface area contributed by atoms with Gasteiger partial charge in [-0.05, 0) is 19.3 Å². The summed E-state index contributed by atoms with van der Waals surface area (Å²) in [5.41, 5.74) is 0.429. The number of nitrogens with zero attached hydrogens (tertiary/aromatic N) is 2. The van der Waals surface area contributed by atoms with Gasteiger partial charge in [-0.3, -0.25) is 4.79 Å². The highest BCUT2D eigenvalue weighted by atomic mass is 16.5. The predicted molar refractivity (Wildman–Crippen MR) is 57.0 cm³/mol. The highest BCUT2D eigenvalue weighted by molar-refractivity contribution is 5.92. The summed E-state index contributed by atoms with van der Waals surface area (Å²) in [6.45, 7) is 4.47. The van der Waals surface area contributed by atoms with E-state index < -0.39 is 0 Å². The Labute approximate surface area is 93.8 Å². The third-order valence-corrected chi connectivity index (χ3v) is 3.37. The van der Waals surface area contributed by atoms with Gasteiger partial charge < -0.3 is 14.7 Å². The smallest absolute Gasteiger partial charge is 0.276 e. The summed E-state index contributed by atoms with van der Waals surface area (Å²) in [5.74, 6) is 1.28. The number of carbonyl (C=O) groups excluding carboxylic acids is 1. The Hall–Kier alpha value is -1.36. The number of likely N-dealkylation sites (tertiary alicyclic amines) is 1. The maximum absolute atomic E-state index is 12.1. The van der Waals surface area contributed by atoms with Crippen molar-refractivity contribution in [3.05, 3.63) is 17.5 Å². The van der Waals surface area contributed by atoms with Crippen molar-refractivity contribution in [1.82, 2.24) is 15.4 Å². The Balaban J connectivity index is 1.76. The lowest BCUT2D eigenvalue weighted by molar-refractivity contribution is 0.0681. The van der Waals surface area contributed by atoms with Gasteiger partial charge in [-0.15, -0.1) is 0 Å². The fourth-order valence-corrected chi connectivity index (χ4v) is 2.63. The van der Waals surface area contributed by atoms with Crippen LogP contribution < -0.4 is 5.32 Å². The van der Waals surface area contributed by atoms with Crippen LogP contribution in [0.4, 0.5) is 0 Å². The predicted octanol–water partition coefficient (Wildman–Crippen LogP) is 0.417. The zero-order chi connectivity index (χ0) is 11.1. The summed E-state index contributed by atoms with van der Waals surface area (Å²) in [7, 11) is 0. The van der Waals surface area contributed by atoms with Crippen LogP contribution in [0.3, 0.4) is 0 Å². The fourth-order valence-electron chi connectivity index (χ4n) is 2.63. The molecule has 3 heterocycles. The zero-order valence-electron chi connectivity index (χ0n) is 9.27. The van der Waals surface area contributed by atoms with E-state index in [1.807, 2.05) is 4.90 Å². The number of hydrogen-bond donors (Lipinski definition) is 1. The van der Waals surface area contributed by atoms with Gasteiger partial charge in [0.1, 0.15) is 5.76 Å². The molecule has 1 aromatic heterocycles. The highest BCUT2D eigenvalue weighted by Gasteiger charge is 2.35. The zero-order valence-corrected chi connectivity index (χ0v) is 9.27. The number of aryl methyl sites for hydroxylation is 1. The standard InChI is InChI=1S/C11H15N3O2/c1-7-2-10(13-16-7)11(15)14-5-8-3-9(6-14)12-4-8/h2,8-9,12H,3-6H2,1H3/t8-,9-/m0/s1. The van der Waals surface area contributed by atoms with E-state index in [2.05, 4.69) is 10.5 Å². The maximum Gasteiger partial charge on any atom is 0.276 e. The van der Waals surface area contributed by atoms with Gasteiger partial charge >= 0.3 is 0 Å². The van der Waals surface area contributed by atoms with Crippen molar-refractivity contribution < 1.29 is 9.32 Å². The van der Waals surface area contributed by atoms with E-state index in [1.54, 1.807) is 13.0 Å². The van der Waals surface area contributed by atoms with E-state index in [9.17, 15) is 4.79 Å². The van der Waals surface area contributed by atoms with Crippen LogP contribution in [0.5, 0.6) is 0 Å². The second-order valence-corrected chi connectivity index (χ2v) is 4.74. The van der Waals surface area contributed by atoms with Crippen molar-refractivity contribution in [2.45, 2.75) is 19.4 Å². The molecule has 0 aliphatic carbocycles. The molecule has 1 amide bonds. The quantitative estimate of drug-likeness (QED) is 0.746. The number of rotatable bonds is 1. The molecule has 2 aliphatic rings. The molecule has 86 valence electrons. The molecule has 3 rings (SSSR count). The molecule has 2 saturated heterocycles. The van der Waals surface area contributed by atoms with Crippen molar-refractivity contribution in [3.63, 3.8) is 0 Å². The molecular weight excluding hydrogens is 206 g/mol. The van der Waals surface area contributed by atoms with Gasteiger partial charge in [0.05, 0.1) is 0 Å². The van der Waals surface area contributed by atoms with E-state index in [0.29, 0.717) is 23.4 Å². The Morgan fingerprint density at radius 1 is 1.62 bits per heavy atom. The number of hydrogen-bond acceptors (Lipinski definition) is 4. The molecule has 2 bridgehead atoms. The van der Waals surface area contributed by atoms with Gasteiger partial charge in [0, 0.05) is 31.7 Å².